The number of nitriles is 1. The fraction of sp³-hybridized carbons (Fsp3) is 0.517. The molecule has 7 nitrogen and oxygen atoms in total. The Kier molecular flexibility index (Phi) is 8.16. The lowest BCUT2D eigenvalue weighted by Crippen LogP contribution is -2.42. The first kappa shape index (κ1) is 28.8. The van der Waals surface area contributed by atoms with E-state index in [9.17, 15) is 22.8 Å². The Morgan fingerprint density at radius 2 is 1.93 bits per heavy atom. The van der Waals surface area contributed by atoms with Gasteiger partial charge in [0, 0.05) is 24.8 Å². The summed E-state index contributed by atoms with van der Waals surface area (Å²) in [5, 5.41) is 9.50. The third-order valence-electron chi connectivity index (χ3n) is 8.55. The van der Waals surface area contributed by atoms with Crippen LogP contribution in [0.4, 0.5) is 33.6 Å². The number of rotatable bonds is 7. The average molecular weight is 574 g/mol. The van der Waals surface area contributed by atoms with Gasteiger partial charge in [0.1, 0.15) is 41.6 Å². The van der Waals surface area contributed by atoms with E-state index in [1.165, 1.54) is 38.1 Å². The predicted octanol–water partition coefficient (Wildman–Crippen LogP) is 6.50. The molecule has 0 bridgehead atoms. The lowest BCUT2D eigenvalue weighted by molar-refractivity contribution is -0.139. The van der Waals surface area contributed by atoms with Crippen LogP contribution in [0.2, 0.25) is 0 Å². The Labute approximate surface area is 235 Å². The normalized spacial score (nSPS) is 20.8. The quantitative estimate of drug-likeness (QED) is 0.324. The fourth-order valence-electron chi connectivity index (χ4n) is 6.18. The molecule has 1 aliphatic carbocycles. The molecular formula is C29H32F5N7. The SMILES string of the molecule is CC(CCn1cc(-c2ccc(F)c(C(F)(F)F)c2)nc1C1CCN(c2ncnc(N)c2C#N)CC1F)C1CCCC1. The summed E-state index contributed by atoms with van der Waals surface area (Å²) >= 11 is 0. The number of nitrogen functional groups attached to an aromatic ring is 1. The molecule has 2 aliphatic rings. The molecule has 5 rings (SSSR count). The Bertz CT molecular complexity index is 1420. The summed E-state index contributed by atoms with van der Waals surface area (Å²) in [7, 11) is 0. The molecule has 3 aromatic rings. The highest BCUT2D eigenvalue weighted by Crippen LogP contribution is 2.38. The molecule has 1 aliphatic heterocycles. The van der Waals surface area contributed by atoms with E-state index in [0.29, 0.717) is 37.2 Å². The Hall–Kier alpha value is -3.75. The van der Waals surface area contributed by atoms with Crippen LogP contribution in [0.3, 0.4) is 0 Å². The molecule has 0 amide bonds. The molecule has 3 heterocycles. The van der Waals surface area contributed by atoms with Crippen molar-refractivity contribution in [1.29, 1.82) is 5.26 Å². The summed E-state index contributed by atoms with van der Waals surface area (Å²) in [6, 6.07) is 4.79. The number of hydrogen-bond acceptors (Lipinski definition) is 6. The molecule has 12 heteroatoms. The van der Waals surface area contributed by atoms with E-state index in [0.717, 1.165) is 18.6 Å². The second kappa shape index (κ2) is 11.6. The van der Waals surface area contributed by atoms with Gasteiger partial charge in [-0.3, -0.25) is 0 Å². The summed E-state index contributed by atoms with van der Waals surface area (Å²) < 4.78 is 72.0. The smallest absolute Gasteiger partial charge is 0.382 e. The molecular weight excluding hydrogens is 541 g/mol. The summed E-state index contributed by atoms with van der Waals surface area (Å²) in [5.74, 6) is -0.190. The zero-order valence-electron chi connectivity index (χ0n) is 22.7. The lowest BCUT2D eigenvalue weighted by atomic mass is 9.89. The number of halogens is 5. The maximum Gasteiger partial charge on any atom is 0.419 e. The first-order valence-corrected chi connectivity index (χ1v) is 13.9. The van der Waals surface area contributed by atoms with Gasteiger partial charge in [0.15, 0.2) is 5.82 Å². The van der Waals surface area contributed by atoms with Gasteiger partial charge >= 0.3 is 6.18 Å². The largest absolute Gasteiger partial charge is 0.419 e. The topological polar surface area (TPSA) is 96.7 Å². The van der Waals surface area contributed by atoms with E-state index in [1.807, 2.05) is 10.6 Å². The van der Waals surface area contributed by atoms with Crippen LogP contribution in [0.1, 0.15) is 68.3 Å². The lowest BCUT2D eigenvalue weighted by Gasteiger charge is -2.35. The minimum Gasteiger partial charge on any atom is -0.382 e. The third-order valence-corrected chi connectivity index (χ3v) is 8.55. The van der Waals surface area contributed by atoms with Crippen molar-refractivity contribution >= 4 is 11.6 Å². The number of nitrogens with two attached hydrogens (primary N) is 1. The van der Waals surface area contributed by atoms with E-state index in [1.54, 1.807) is 11.1 Å². The van der Waals surface area contributed by atoms with Crippen LogP contribution in [0.5, 0.6) is 0 Å². The van der Waals surface area contributed by atoms with Gasteiger partial charge in [-0.2, -0.15) is 18.4 Å². The van der Waals surface area contributed by atoms with Gasteiger partial charge in [-0.1, -0.05) is 32.6 Å². The van der Waals surface area contributed by atoms with E-state index in [4.69, 9.17) is 5.73 Å². The maximum absolute atomic E-state index is 15.9. The van der Waals surface area contributed by atoms with Gasteiger partial charge in [-0.05, 0) is 42.9 Å². The Morgan fingerprint density at radius 1 is 1.17 bits per heavy atom. The van der Waals surface area contributed by atoms with Crippen LogP contribution in [0.25, 0.3) is 11.3 Å². The van der Waals surface area contributed by atoms with Crippen LogP contribution < -0.4 is 10.6 Å². The number of nitrogens with zero attached hydrogens (tertiary/aromatic N) is 6. The van der Waals surface area contributed by atoms with Crippen LogP contribution in [0, 0.1) is 29.0 Å². The van der Waals surface area contributed by atoms with E-state index in [-0.39, 0.29) is 35.0 Å². The predicted molar refractivity (Wildman–Crippen MR) is 144 cm³/mol. The molecule has 3 unspecified atom stereocenters. The van der Waals surface area contributed by atoms with Crippen molar-refractivity contribution in [3.05, 3.63) is 53.5 Å². The van der Waals surface area contributed by atoms with Crippen molar-refractivity contribution in [1.82, 2.24) is 19.5 Å². The number of benzene rings is 1. The minimum atomic E-state index is -4.86. The van der Waals surface area contributed by atoms with Gasteiger partial charge in [-0.25, -0.2) is 23.7 Å². The standard InChI is InChI=1S/C29H32F5N7/c1-17(18-4-2-3-5-18)8-10-41-15-25(19-6-7-23(30)22(12-19)29(32,33)34)39-28(41)20-9-11-40(14-24(20)31)27-21(13-35)26(36)37-16-38-27/h6-7,12,15-18,20,24H,2-5,8-11,14H2,1H3,(H2,36,37,38). The van der Waals surface area contributed by atoms with Crippen LogP contribution >= 0.6 is 0 Å². The number of imidazole rings is 1. The first-order chi connectivity index (χ1) is 19.6. The Balaban J connectivity index is 1.44. The fourth-order valence-corrected chi connectivity index (χ4v) is 6.18. The first-order valence-electron chi connectivity index (χ1n) is 13.9. The highest BCUT2D eigenvalue weighted by atomic mass is 19.4. The van der Waals surface area contributed by atoms with Gasteiger partial charge in [-0.15, -0.1) is 0 Å². The van der Waals surface area contributed by atoms with Crippen LogP contribution in [-0.2, 0) is 12.7 Å². The second-order valence-corrected chi connectivity index (χ2v) is 11.1. The molecule has 1 aromatic carbocycles. The van der Waals surface area contributed by atoms with E-state index < -0.39 is 29.6 Å². The third kappa shape index (κ3) is 5.99. The number of aromatic nitrogens is 4. The van der Waals surface area contributed by atoms with Crippen molar-refractivity contribution in [3.63, 3.8) is 0 Å². The maximum atomic E-state index is 15.9. The minimum absolute atomic E-state index is 0.0177. The van der Waals surface area contributed by atoms with E-state index in [2.05, 4.69) is 21.9 Å². The van der Waals surface area contributed by atoms with E-state index >= 15 is 4.39 Å². The number of aryl methyl sites for hydroxylation is 1. The highest BCUT2D eigenvalue weighted by Gasteiger charge is 2.37. The molecule has 1 saturated heterocycles. The molecule has 2 aromatic heterocycles. The van der Waals surface area contributed by atoms with Crippen molar-refractivity contribution < 1.29 is 22.0 Å². The summed E-state index contributed by atoms with van der Waals surface area (Å²) in [6.07, 6.45) is 2.59. The molecule has 2 N–H and O–H groups in total. The zero-order valence-corrected chi connectivity index (χ0v) is 22.7. The van der Waals surface area contributed by atoms with Crippen molar-refractivity contribution in [3.8, 4) is 17.3 Å². The number of alkyl halides is 4. The second-order valence-electron chi connectivity index (χ2n) is 11.1. The monoisotopic (exact) mass is 573 g/mol. The molecule has 218 valence electrons. The summed E-state index contributed by atoms with van der Waals surface area (Å²) in [6.45, 7) is 3.05. The molecule has 1 saturated carbocycles. The molecule has 41 heavy (non-hydrogen) atoms. The molecule has 3 atom stereocenters. The van der Waals surface area contributed by atoms with Gasteiger partial charge < -0.3 is 15.2 Å². The molecule has 0 spiro atoms. The number of hydrogen-bond donors (Lipinski definition) is 1. The van der Waals surface area contributed by atoms with Gasteiger partial charge in [0.2, 0.25) is 0 Å². The van der Waals surface area contributed by atoms with Crippen molar-refractivity contribution in [2.75, 3.05) is 23.7 Å². The zero-order chi connectivity index (χ0) is 29.3. The summed E-state index contributed by atoms with van der Waals surface area (Å²) in [4.78, 5) is 14.3. The van der Waals surface area contributed by atoms with Crippen LogP contribution in [0.15, 0.2) is 30.7 Å². The Morgan fingerprint density at radius 3 is 2.61 bits per heavy atom. The average Bonchev–Trinajstić information content (AvgIpc) is 3.62. The van der Waals surface area contributed by atoms with Gasteiger partial charge in [0.25, 0.3) is 0 Å². The van der Waals surface area contributed by atoms with Gasteiger partial charge in [0.05, 0.1) is 23.7 Å². The summed E-state index contributed by atoms with van der Waals surface area (Å²) in [5.41, 5.74) is 4.89. The highest BCUT2D eigenvalue weighted by molar-refractivity contribution is 5.64. The van der Waals surface area contributed by atoms with Crippen molar-refractivity contribution in [2.24, 2.45) is 11.8 Å². The molecule has 0 radical (unpaired) electrons. The van der Waals surface area contributed by atoms with Crippen molar-refractivity contribution in [2.45, 2.75) is 70.3 Å². The number of piperidine rings is 1. The molecule has 2 fully saturated rings. The number of anilines is 2. The van der Waals surface area contributed by atoms with Crippen LogP contribution in [-0.4, -0.2) is 38.8 Å².